The summed E-state index contributed by atoms with van der Waals surface area (Å²) in [6.45, 7) is -0.333. The molecule has 176 valence electrons. The van der Waals surface area contributed by atoms with Gasteiger partial charge in [0.1, 0.15) is 0 Å². The molecule has 0 aliphatic carbocycles. The Morgan fingerprint density at radius 1 is 1.06 bits per heavy atom. The summed E-state index contributed by atoms with van der Waals surface area (Å²) in [5, 5.41) is 50.8. The molecule has 2 heterocycles. The first-order chi connectivity index (χ1) is 14.6. The van der Waals surface area contributed by atoms with Crippen LogP contribution in [0.25, 0.3) is 0 Å². The van der Waals surface area contributed by atoms with Gasteiger partial charge in [-0.15, -0.1) is 0 Å². The Labute approximate surface area is 184 Å². The number of benzene rings is 1. The third kappa shape index (κ3) is 6.22. The van der Waals surface area contributed by atoms with Crippen molar-refractivity contribution in [1.82, 2.24) is 0 Å². The molecule has 1 aromatic carbocycles. The molecular formula is C18H27O11SSe+. The van der Waals surface area contributed by atoms with E-state index in [0.717, 1.165) is 5.56 Å². The SMILES string of the molecule is O=S(=O)(O)O[C@@H]1[C@H](O)[C@@H](O)[C@H](OCc2ccccc2)O[C@@H]1C[Se+]1C[C@@H](O)[C@H](O)[C@H]1CO. The maximum atomic E-state index is 11.3. The average Bonchev–Trinajstić information content (AvgIpc) is 2.99. The molecule has 0 saturated carbocycles. The van der Waals surface area contributed by atoms with E-state index in [1.165, 1.54) is 0 Å². The Bertz CT molecular complexity index is 810. The van der Waals surface area contributed by atoms with Crippen LogP contribution in [0.4, 0.5) is 0 Å². The van der Waals surface area contributed by atoms with Gasteiger partial charge in [-0.2, -0.15) is 0 Å². The fourth-order valence-electron chi connectivity index (χ4n) is 3.69. The number of rotatable bonds is 8. The number of ether oxygens (including phenoxy) is 2. The van der Waals surface area contributed by atoms with Gasteiger partial charge < -0.3 is 0 Å². The summed E-state index contributed by atoms with van der Waals surface area (Å²) in [5.74, 6) is 0. The van der Waals surface area contributed by atoms with E-state index in [1.807, 2.05) is 6.07 Å². The van der Waals surface area contributed by atoms with Gasteiger partial charge in [-0.25, -0.2) is 0 Å². The minimum atomic E-state index is -4.99. The van der Waals surface area contributed by atoms with Crippen molar-refractivity contribution in [2.45, 2.75) is 65.0 Å². The topological polar surface area (TPSA) is 183 Å². The number of hydrogen-bond donors (Lipinski definition) is 6. The van der Waals surface area contributed by atoms with Crippen molar-refractivity contribution in [2.75, 3.05) is 6.61 Å². The van der Waals surface area contributed by atoms with E-state index in [4.69, 9.17) is 14.0 Å². The molecule has 6 N–H and O–H groups in total. The average molecular weight is 530 g/mol. The van der Waals surface area contributed by atoms with Crippen LogP contribution in [-0.2, 0) is 30.7 Å². The third-order valence-corrected chi connectivity index (χ3v) is 11.6. The fraction of sp³-hybridized carbons (Fsp3) is 0.667. The van der Waals surface area contributed by atoms with Crippen LogP contribution in [0.3, 0.4) is 0 Å². The summed E-state index contributed by atoms with van der Waals surface area (Å²) in [6, 6.07) is 8.97. The summed E-state index contributed by atoms with van der Waals surface area (Å²) in [6.07, 6.45) is -9.70. The summed E-state index contributed by atoms with van der Waals surface area (Å²) in [4.78, 5) is -0.585. The quantitative estimate of drug-likeness (QED) is 0.169. The Morgan fingerprint density at radius 3 is 2.35 bits per heavy atom. The van der Waals surface area contributed by atoms with E-state index in [2.05, 4.69) is 4.18 Å². The predicted octanol–water partition coefficient (Wildman–Crippen LogP) is -1.57. The van der Waals surface area contributed by atoms with Crippen LogP contribution >= 0.6 is 0 Å². The van der Waals surface area contributed by atoms with Crippen molar-refractivity contribution < 1.29 is 52.2 Å². The monoisotopic (exact) mass is 531 g/mol. The molecule has 13 heteroatoms. The minimum absolute atomic E-state index is 0.0439. The van der Waals surface area contributed by atoms with E-state index < -0.39 is 72.0 Å². The summed E-state index contributed by atoms with van der Waals surface area (Å²) >= 11 is -1.96. The number of aliphatic hydroxyl groups excluding tert-OH is 5. The maximum absolute atomic E-state index is 11.3. The Balaban J connectivity index is 1.77. The first kappa shape index (κ1) is 25.0. The first-order valence-electron chi connectivity index (χ1n) is 9.57. The predicted molar refractivity (Wildman–Crippen MR) is 107 cm³/mol. The zero-order valence-electron chi connectivity index (χ0n) is 16.4. The molecule has 2 aliphatic heterocycles. The van der Waals surface area contributed by atoms with Crippen LogP contribution < -0.4 is 0 Å². The molecule has 1 unspecified atom stereocenters. The van der Waals surface area contributed by atoms with Gasteiger partial charge in [-0.3, -0.25) is 0 Å². The van der Waals surface area contributed by atoms with Crippen LogP contribution in [-0.4, -0.2) is 102 Å². The third-order valence-electron chi connectivity index (χ3n) is 5.28. The van der Waals surface area contributed by atoms with Gasteiger partial charge in [0, 0.05) is 0 Å². The Kier molecular flexibility index (Phi) is 8.46. The molecule has 2 fully saturated rings. The standard InChI is InChI=1S/C18H26O11SSe/c19-6-13-14(21)11(20)8-31(13)9-12-17(29-30(24,25)26)15(22)16(23)18(28-12)27-7-10-4-2-1-3-5-10/h1-5,11-23H,6-9H2/p+1/t11-,12-,13-,14+,15-,16-,17+,18-,31?/m1/s1. The van der Waals surface area contributed by atoms with Crippen LogP contribution in [0, 0.1) is 0 Å². The van der Waals surface area contributed by atoms with Crippen molar-refractivity contribution in [2.24, 2.45) is 0 Å². The summed E-state index contributed by atoms with van der Waals surface area (Å²) < 4.78 is 47.6. The second kappa shape index (κ2) is 10.5. The molecule has 0 radical (unpaired) electrons. The molecule has 0 spiro atoms. The van der Waals surface area contributed by atoms with Crippen molar-refractivity contribution in [3.8, 4) is 0 Å². The van der Waals surface area contributed by atoms with Gasteiger partial charge in [-0.1, -0.05) is 0 Å². The zero-order valence-corrected chi connectivity index (χ0v) is 18.9. The van der Waals surface area contributed by atoms with Gasteiger partial charge in [0.2, 0.25) is 0 Å². The molecule has 0 aromatic heterocycles. The van der Waals surface area contributed by atoms with Gasteiger partial charge in [0.05, 0.1) is 0 Å². The molecule has 0 amide bonds. The molecule has 3 rings (SSSR count). The van der Waals surface area contributed by atoms with Gasteiger partial charge in [0.15, 0.2) is 0 Å². The normalized spacial score (nSPS) is 39.0. The van der Waals surface area contributed by atoms with Gasteiger partial charge in [0.25, 0.3) is 0 Å². The van der Waals surface area contributed by atoms with Crippen molar-refractivity contribution in [3.63, 3.8) is 0 Å². The number of hydrogen-bond acceptors (Lipinski definition) is 10. The van der Waals surface area contributed by atoms with Crippen molar-refractivity contribution in [3.05, 3.63) is 35.9 Å². The van der Waals surface area contributed by atoms with Crippen LogP contribution in [0.2, 0.25) is 15.5 Å². The van der Waals surface area contributed by atoms with Crippen LogP contribution in [0.15, 0.2) is 30.3 Å². The van der Waals surface area contributed by atoms with Crippen LogP contribution in [0.5, 0.6) is 0 Å². The molecule has 1 aromatic rings. The van der Waals surface area contributed by atoms with Gasteiger partial charge in [-0.05, 0) is 0 Å². The summed E-state index contributed by atoms with van der Waals surface area (Å²) in [5.41, 5.74) is 0.775. The second-order valence-electron chi connectivity index (χ2n) is 7.46. The molecule has 31 heavy (non-hydrogen) atoms. The fourth-order valence-corrected chi connectivity index (χ4v) is 9.97. The van der Waals surface area contributed by atoms with E-state index in [-0.39, 0.29) is 23.9 Å². The van der Waals surface area contributed by atoms with E-state index in [9.17, 15) is 34.0 Å². The molecule has 11 nitrogen and oxygen atoms in total. The van der Waals surface area contributed by atoms with Crippen molar-refractivity contribution >= 4 is 24.3 Å². The van der Waals surface area contributed by atoms with E-state index in [0.29, 0.717) is 0 Å². The van der Waals surface area contributed by atoms with Crippen LogP contribution in [0.1, 0.15) is 5.56 Å². The zero-order chi connectivity index (χ0) is 22.8. The molecule has 2 aliphatic rings. The Morgan fingerprint density at radius 2 is 1.74 bits per heavy atom. The van der Waals surface area contributed by atoms with E-state index in [1.54, 1.807) is 24.3 Å². The van der Waals surface area contributed by atoms with Crippen molar-refractivity contribution in [1.29, 1.82) is 0 Å². The molecular weight excluding hydrogens is 503 g/mol. The Hall–Kier alpha value is -0.671. The number of aliphatic hydroxyl groups is 5. The summed E-state index contributed by atoms with van der Waals surface area (Å²) in [7, 11) is -4.99. The second-order valence-corrected chi connectivity index (χ2v) is 13.4. The molecule has 0 bridgehead atoms. The van der Waals surface area contributed by atoms with E-state index >= 15 is 0 Å². The molecule has 9 atom stereocenters. The van der Waals surface area contributed by atoms with Gasteiger partial charge >= 0.3 is 184 Å². The molecule has 2 saturated heterocycles. The first-order valence-corrected chi connectivity index (χ1v) is 14.3.